The van der Waals surface area contributed by atoms with E-state index in [0.717, 1.165) is 57.1 Å². The Morgan fingerprint density at radius 3 is 2.35 bits per heavy atom. The van der Waals surface area contributed by atoms with E-state index in [-0.39, 0.29) is 24.3 Å². The lowest BCUT2D eigenvalue weighted by Crippen LogP contribution is -2.62. The Kier molecular flexibility index (Phi) is 11.9. The molecule has 0 radical (unpaired) electrons. The SMILES string of the molecule is CCCCCCOC(=O)C1=C(C)N2CCC(Cl)CC2(C)C(C(=O)OCCCCCC)C1c1cccc([N+](=O)[O-])c1. The van der Waals surface area contributed by atoms with E-state index in [4.69, 9.17) is 21.1 Å². The number of esters is 2. The Hall–Kier alpha value is -2.61. The van der Waals surface area contributed by atoms with Gasteiger partial charge in [0, 0.05) is 35.7 Å². The minimum atomic E-state index is -0.798. The van der Waals surface area contributed by atoms with E-state index < -0.39 is 34.2 Å². The molecular formula is C31H45ClN2O6. The zero-order valence-corrected chi connectivity index (χ0v) is 25.2. The third-order valence-corrected chi connectivity index (χ3v) is 8.79. The highest BCUT2D eigenvalue weighted by Gasteiger charge is 2.57. The molecule has 0 bridgehead atoms. The van der Waals surface area contributed by atoms with Crippen LogP contribution >= 0.6 is 11.6 Å². The third kappa shape index (κ3) is 7.36. The molecule has 222 valence electrons. The average molecular weight is 577 g/mol. The number of carbonyl (C=O) groups excluding carboxylic acids is 2. The van der Waals surface area contributed by atoms with Crippen LogP contribution in [0, 0.1) is 16.0 Å². The predicted molar refractivity (Wildman–Crippen MR) is 156 cm³/mol. The van der Waals surface area contributed by atoms with Gasteiger partial charge >= 0.3 is 11.9 Å². The number of piperidine rings is 1. The highest BCUT2D eigenvalue weighted by molar-refractivity contribution is 6.20. The molecule has 1 aromatic rings. The molecule has 1 saturated heterocycles. The van der Waals surface area contributed by atoms with Crippen LogP contribution in [-0.2, 0) is 19.1 Å². The largest absolute Gasteiger partial charge is 0.465 e. The number of ether oxygens (including phenoxy) is 2. The van der Waals surface area contributed by atoms with Crippen molar-refractivity contribution in [3.63, 3.8) is 0 Å². The Balaban J connectivity index is 2.09. The zero-order chi connectivity index (χ0) is 29.3. The maximum absolute atomic E-state index is 14.0. The molecule has 8 nitrogen and oxygen atoms in total. The van der Waals surface area contributed by atoms with Gasteiger partial charge in [-0.25, -0.2) is 4.79 Å². The first-order valence-electron chi connectivity index (χ1n) is 14.9. The molecule has 0 saturated carbocycles. The standard InChI is InChI=1S/C31H45ClN2O6/c1-5-7-9-11-18-39-29(35)26-22(3)33-17-16-24(32)21-31(33,4)28(30(36)40-19-12-10-8-6-2)27(26)23-14-13-15-25(20-23)34(37)38/h13-15,20,24,27-28H,5-12,16-19,21H2,1-4H3. The maximum atomic E-state index is 14.0. The summed E-state index contributed by atoms with van der Waals surface area (Å²) < 4.78 is 11.7. The van der Waals surface area contributed by atoms with Crippen molar-refractivity contribution in [3.05, 3.63) is 51.2 Å². The minimum Gasteiger partial charge on any atom is -0.465 e. The zero-order valence-electron chi connectivity index (χ0n) is 24.5. The number of halogens is 1. The van der Waals surface area contributed by atoms with Gasteiger partial charge in [0.1, 0.15) is 0 Å². The van der Waals surface area contributed by atoms with Crippen molar-refractivity contribution in [2.45, 2.75) is 109 Å². The van der Waals surface area contributed by atoms with Gasteiger partial charge in [-0.2, -0.15) is 0 Å². The van der Waals surface area contributed by atoms with E-state index in [9.17, 15) is 19.7 Å². The molecule has 2 heterocycles. The second kappa shape index (κ2) is 14.9. The van der Waals surface area contributed by atoms with Crippen molar-refractivity contribution < 1.29 is 24.0 Å². The molecule has 2 aliphatic rings. The number of hydrogen-bond donors (Lipinski definition) is 0. The van der Waals surface area contributed by atoms with Gasteiger partial charge in [0.2, 0.25) is 0 Å². The van der Waals surface area contributed by atoms with E-state index in [1.54, 1.807) is 12.1 Å². The molecule has 1 aromatic carbocycles. The molecular weight excluding hydrogens is 532 g/mol. The summed E-state index contributed by atoms with van der Waals surface area (Å²) in [6.45, 7) is 9.30. The minimum absolute atomic E-state index is 0.0967. The highest BCUT2D eigenvalue weighted by Crippen LogP contribution is 2.53. The molecule has 1 fully saturated rings. The van der Waals surface area contributed by atoms with Crippen molar-refractivity contribution in [3.8, 4) is 0 Å². The summed E-state index contributed by atoms with van der Waals surface area (Å²) in [4.78, 5) is 41.1. The molecule has 2 aliphatic heterocycles. The Morgan fingerprint density at radius 1 is 1.07 bits per heavy atom. The molecule has 0 aliphatic carbocycles. The highest BCUT2D eigenvalue weighted by atomic mass is 35.5. The first-order valence-corrected chi connectivity index (χ1v) is 15.3. The number of allylic oxidation sites excluding steroid dienone is 1. The smallest absolute Gasteiger partial charge is 0.336 e. The van der Waals surface area contributed by atoms with Crippen LogP contribution in [0.15, 0.2) is 35.5 Å². The van der Waals surface area contributed by atoms with E-state index >= 15 is 0 Å². The van der Waals surface area contributed by atoms with Crippen LogP contribution in [0.3, 0.4) is 0 Å². The predicted octanol–water partition coefficient (Wildman–Crippen LogP) is 7.29. The first-order chi connectivity index (χ1) is 19.2. The number of carbonyl (C=O) groups is 2. The summed E-state index contributed by atoms with van der Waals surface area (Å²) >= 11 is 6.70. The fraction of sp³-hybridized carbons (Fsp3) is 0.677. The third-order valence-electron chi connectivity index (χ3n) is 8.41. The Bertz CT molecular complexity index is 1080. The van der Waals surface area contributed by atoms with Crippen LogP contribution < -0.4 is 0 Å². The molecule has 4 unspecified atom stereocenters. The lowest BCUT2D eigenvalue weighted by atomic mass is 9.63. The van der Waals surface area contributed by atoms with Crippen molar-refractivity contribution in [1.82, 2.24) is 4.90 Å². The molecule has 0 spiro atoms. The molecule has 0 amide bonds. The molecule has 3 rings (SSSR count). The number of benzene rings is 1. The summed E-state index contributed by atoms with van der Waals surface area (Å²) in [5.74, 6) is -2.46. The van der Waals surface area contributed by atoms with Crippen molar-refractivity contribution in [2.75, 3.05) is 19.8 Å². The fourth-order valence-corrected chi connectivity index (χ4v) is 6.76. The van der Waals surface area contributed by atoms with E-state index in [1.807, 2.05) is 13.8 Å². The van der Waals surface area contributed by atoms with E-state index in [1.165, 1.54) is 12.1 Å². The van der Waals surface area contributed by atoms with Crippen LogP contribution in [0.4, 0.5) is 5.69 Å². The van der Waals surface area contributed by atoms with Gasteiger partial charge in [-0.15, -0.1) is 11.6 Å². The summed E-state index contributed by atoms with van der Waals surface area (Å²) in [6, 6.07) is 6.23. The number of non-ortho nitro benzene ring substituents is 1. The van der Waals surface area contributed by atoms with Crippen LogP contribution in [0.25, 0.3) is 0 Å². The molecule has 40 heavy (non-hydrogen) atoms. The lowest BCUT2D eigenvalue weighted by molar-refractivity contribution is -0.384. The Morgan fingerprint density at radius 2 is 1.73 bits per heavy atom. The second-order valence-corrected chi connectivity index (χ2v) is 11.9. The monoisotopic (exact) mass is 576 g/mol. The van der Waals surface area contributed by atoms with Crippen LogP contribution in [-0.4, -0.2) is 52.4 Å². The van der Waals surface area contributed by atoms with E-state index in [0.29, 0.717) is 30.5 Å². The topological polar surface area (TPSA) is 99.0 Å². The normalized spacial score (nSPS) is 24.4. The number of hydrogen-bond acceptors (Lipinski definition) is 7. The fourth-order valence-electron chi connectivity index (χ4n) is 6.35. The molecule has 0 N–H and O–H groups in total. The van der Waals surface area contributed by atoms with Crippen molar-refractivity contribution >= 4 is 29.2 Å². The van der Waals surface area contributed by atoms with Gasteiger partial charge in [0.25, 0.3) is 5.69 Å². The van der Waals surface area contributed by atoms with E-state index in [2.05, 4.69) is 18.7 Å². The molecule has 4 atom stereocenters. The number of nitro groups is 1. The van der Waals surface area contributed by atoms with Gasteiger partial charge in [0.05, 0.1) is 35.2 Å². The van der Waals surface area contributed by atoms with Gasteiger partial charge in [-0.1, -0.05) is 64.5 Å². The van der Waals surface area contributed by atoms with Crippen LogP contribution in [0.1, 0.15) is 103 Å². The lowest BCUT2D eigenvalue weighted by Gasteiger charge is -2.57. The average Bonchev–Trinajstić information content (AvgIpc) is 2.91. The van der Waals surface area contributed by atoms with Crippen LogP contribution in [0.5, 0.6) is 0 Å². The number of nitrogens with zero attached hydrogens (tertiary/aromatic N) is 2. The number of unbranched alkanes of at least 4 members (excludes halogenated alkanes) is 6. The van der Waals surface area contributed by atoms with Gasteiger partial charge < -0.3 is 14.4 Å². The summed E-state index contributed by atoms with van der Waals surface area (Å²) in [5, 5.41) is 11.6. The summed E-state index contributed by atoms with van der Waals surface area (Å²) in [7, 11) is 0. The quantitative estimate of drug-likeness (QED) is 0.0753. The number of alkyl halides is 1. The Labute approximate surface area is 243 Å². The maximum Gasteiger partial charge on any atom is 0.336 e. The summed E-state index contributed by atoms with van der Waals surface area (Å²) in [6.07, 6.45) is 8.95. The number of rotatable bonds is 14. The van der Waals surface area contributed by atoms with Crippen molar-refractivity contribution in [1.29, 1.82) is 0 Å². The van der Waals surface area contributed by atoms with Gasteiger partial charge in [0.15, 0.2) is 0 Å². The molecule has 9 heteroatoms. The summed E-state index contributed by atoms with van der Waals surface area (Å²) in [5.41, 5.74) is 0.787. The van der Waals surface area contributed by atoms with Gasteiger partial charge in [-0.3, -0.25) is 14.9 Å². The number of nitro benzene ring substituents is 1. The van der Waals surface area contributed by atoms with Gasteiger partial charge in [-0.05, 0) is 45.1 Å². The number of fused-ring (bicyclic) bond motifs is 1. The van der Waals surface area contributed by atoms with Crippen LogP contribution in [0.2, 0.25) is 0 Å². The molecule has 0 aromatic heterocycles. The van der Waals surface area contributed by atoms with Crippen molar-refractivity contribution in [2.24, 2.45) is 5.92 Å². The second-order valence-electron chi connectivity index (χ2n) is 11.3. The first kappa shape index (κ1) is 31.9.